The van der Waals surface area contributed by atoms with Crippen LogP contribution in [0.1, 0.15) is 28.8 Å². The highest BCUT2D eigenvalue weighted by atomic mass is 35.5. The molecule has 1 saturated heterocycles. The van der Waals surface area contributed by atoms with E-state index in [-0.39, 0.29) is 42.0 Å². The predicted octanol–water partition coefficient (Wildman–Crippen LogP) is 3.15. The Bertz CT molecular complexity index is 1200. The second kappa shape index (κ2) is 8.39. The Morgan fingerprint density at radius 2 is 1.88 bits per heavy atom. The lowest BCUT2D eigenvalue weighted by Gasteiger charge is -2.29. The third-order valence-corrected chi connectivity index (χ3v) is 5.68. The molecule has 2 aliphatic heterocycles. The fourth-order valence-corrected chi connectivity index (χ4v) is 3.86. The number of fused-ring (bicyclic) bond motifs is 1. The van der Waals surface area contributed by atoms with Gasteiger partial charge in [-0.05, 0) is 18.6 Å². The summed E-state index contributed by atoms with van der Waals surface area (Å²) in [6.07, 6.45) is -0.929. The van der Waals surface area contributed by atoms with Crippen LogP contribution in [0.25, 0.3) is 0 Å². The molecule has 2 aromatic rings. The number of carbonyl (C=O) groups excluding carboxylic acids is 4. The van der Waals surface area contributed by atoms with Crippen LogP contribution in [-0.4, -0.2) is 41.8 Å². The quantitative estimate of drug-likeness (QED) is 0.537. The van der Waals surface area contributed by atoms with Gasteiger partial charge in [0.15, 0.2) is 11.6 Å². The minimum Gasteiger partial charge on any atom is -0.410 e. The number of rotatable bonds is 3. The normalized spacial score (nSPS) is 17.7. The summed E-state index contributed by atoms with van der Waals surface area (Å²) in [4.78, 5) is 50.7. The lowest BCUT2D eigenvalue weighted by molar-refractivity contribution is -0.136. The summed E-state index contributed by atoms with van der Waals surface area (Å²) in [6, 6.07) is 2.84. The molecule has 2 aliphatic rings. The monoisotopic (exact) mass is 481 g/mol. The van der Waals surface area contributed by atoms with Crippen molar-refractivity contribution in [1.29, 1.82) is 0 Å². The number of ether oxygens (including phenoxy) is 1. The molecule has 33 heavy (non-hydrogen) atoms. The van der Waals surface area contributed by atoms with E-state index in [1.807, 2.05) is 0 Å². The Morgan fingerprint density at radius 1 is 1.15 bits per heavy atom. The van der Waals surface area contributed by atoms with Gasteiger partial charge in [-0.3, -0.25) is 24.6 Å². The highest BCUT2D eigenvalue weighted by Gasteiger charge is 2.40. The molecule has 1 fully saturated rings. The number of amides is 4. The molecule has 0 aromatic heterocycles. The van der Waals surface area contributed by atoms with E-state index in [0.29, 0.717) is 0 Å². The van der Waals surface area contributed by atoms with E-state index in [1.54, 1.807) is 0 Å². The molecule has 12 heteroatoms. The largest absolute Gasteiger partial charge is 0.419 e. The third kappa shape index (κ3) is 4.11. The molecule has 172 valence electrons. The van der Waals surface area contributed by atoms with Crippen molar-refractivity contribution < 1.29 is 37.1 Å². The highest BCUT2D eigenvalue weighted by Crippen LogP contribution is 2.33. The standard InChI is InChI=1S/C21H15ClF3N3O5/c1-27(9-4-13(22)18(25)15(24)5-9)21(32)33-10-6-11-12(14(23)7-10)8-28(20(11)31)16-2-3-17(29)26-19(16)30/h4-7,16H,2-3,8H2,1H3,(H,26,29,30). The van der Waals surface area contributed by atoms with Gasteiger partial charge < -0.3 is 9.64 Å². The van der Waals surface area contributed by atoms with E-state index >= 15 is 0 Å². The van der Waals surface area contributed by atoms with Crippen LogP contribution in [0.4, 0.5) is 23.7 Å². The van der Waals surface area contributed by atoms with E-state index in [9.17, 15) is 32.3 Å². The smallest absolute Gasteiger partial charge is 0.410 e. The van der Waals surface area contributed by atoms with Crippen LogP contribution < -0.4 is 15.0 Å². The maximum Gasteiger partial charge on any atom is 0.419 e. The van der Waals surface area contributed by atoms with Gasteiger partial charge in [-0.1, -0.05) is 11.6 Å². The number of carbonyl (C=O) groups is 4. The predicted molar refractivity (Wildman–Crippen MR) is 108 cm³/mol. The lowest BCUT2D eigenvalue weighted by atomic mass is 10.0. The molecule has 0 spiro atoms. The summed E-state index contributed by atoms with van der Waals surface area (Å²) in [5.74, 6) is -5.45. The van der Waals surface area contributed by atoms with Crippen molar-refractivity contribution in [3.63, 3.8) is 0 Å². The Balaban J connectivity index is 1.54. The molecule has 4 rings (SSSR count). The van der Waals surface area contributed by atoms with Gasteiger partial charge in [0.05, 0.1) is 22.8 Å². The maximum absolute atomic E-state index is 14.7. The summed E-state index contributed by atoms with van der Waals surface area (Å²) >= 11 is 5.59. The molecule has 8 nitrogen and oxygen atoms in total. The van der Waals surface area contributed by atoms with Crippen molar-refractivity contribution in [1.82, 2.24) is 10.2 Å². The number of hydrogen-bond acceptors (Lipinski definition) is 5. The number of anilines is 1. The number of nitrogens with zero attached hydrogens (tertiary/aromatic N) is 2. The molecule has 0 bridgehead atoms. The van der Waals surface area contributed by atoms with Crippen LogP contribution in [0.2, 0.25) is 5.02 Å². The van der Waals surface area contributed by atoms with Crippen LogP contribution in [-0.2, 0) is 16.1 Å². The number of hydrogen-bond donors (Lipinski definition) is 1. The van der Waals surface area contributed by atoms with Crippen LogP contribution in [0, 0.1) is 17.5 Å². The van der Waals surface area contributed by atoms with E-state index in [0.717, 1.165) is 34.1 Å². The zero-order valence-corrected chi connectivity index (χ0v) is 17.7. The molecule has 1 atom stereocenters. The van der Waals surface area contributed by atoms with Crippen molar-refractivity contribution in [3.8, 4) is 5.75 Å². The van der Waals surface area contributed by atoms with E-state index in [4.69, 9.17) is 16.3 Å². The Labute approximate surface area is 189 Å². The summed E-state index contributed by atoms with van der Waals surface area (Å²) in [7, 11) is 1.20. The van der Waals surface area contributed by atoms with Gasteiger partial charge in [-0.25, -0.2) is 18.0 Å². The average Bonchev–Trinajstić information content (AvgIpc) is 3.08. The maximum atomic E-state index is 14.7. The van der Waals surface area contributed by atoms with Gasteiger partial charge in [-0.2, -0.15) is 0 Å². The Hall–Kier alpha value is -3.60. The number of benzene rings is 2. The second-order valence-corrected chi connectivity index (χ2v) is 7.89. The Morgan fingerprint density at radius 3 is 2.55 bits per heavy atom. The number of nitrogens with one attached hydrogen (secondary N) is 1. The van der Waals surface area contributed by atoms with Gasteiger partial charge in [0.1, 0.15) is 17.6 Å². The van der Waals surface area contributed by atoms with Gasteiger partial charge in [0.25, 0.3) is 5.91 Å². The first kappa shape index (κ1) is 22.6. The van der Waals surface area contributed by atoms with E-state index in [1.165, 1.54) is 7.05 Å². The van der Waals surface area contributed by atoms with Gasteiger partial charge >= 0.3 is 6.09 Å². The van der Waals surface area contributed by atoms with E-state index in [2.05, 4.69) is 5.32 Å². The van der Waals surface area contributed by atoms with E-state index < -0.39 is 52.3 Å². The minimum atomic E-state index is -1.28. The molecular formula is C21H15ClF3N3O5. The molecule has 0 aliphatic carbocycles. The van der Waals surface area contributed by atoms with Gasteiger partial charge in [-0.15, -0.1) is 0 Å². The first-order chi connectivity index (χ1) is 15.6. The summed E-state index contributed by atoms with van der Waals surface area (Å²) in [5, 5.41) is 1.60. The minimum absolute atomic E-state index is 0.0187. The summed E-state index contributed by atoms with van der Waals surface area (Å²) in [6.45, 7) is -0.187. The number of piperidine rings is 1. The molecule has 4 amide bonds. The van der Waals surface area contributed by atoms with Crippen LogP contribution >= 0.6 is 11.6 Å². The van der Waals surface area contributed by atoms with Crippen molar-refractivity contribution in [3.05, 3.63) is 57.9 Å². The lowest BCUT2D eigenvalue weighted by Crippen LogP contribution is -2.52. The third-order valence-electron chi connectivity index (χ3n) is 5.41. The van der Waals surface area contributed by atoms with Gasteiger partial charge in [0.2, 0.25) is 11.8 Å². The SMILES string of the molecule is CN(C(=O)Oc1cc(F)c2c(c1)C(=O)N(C1CCC(=O)NC1=O)C2)c1cc(F)c(F)c(Cl)c1. The Kier molecular flexibility index (Phi) is 5.75. The topological polar surface area (TPSA) is 96.0 Å². The van der Waals surface area contributed by atoms with Gasteiger partial charge in [0, 0.05) is 31.2 Å². The first-order valence-corrected chi connectivity index (χ1v) is 10.0. The molecule has 0 saturated carbocycles. The highest BCUT2D eigenvalue weighted by molar-refractivity contribution is 6.31. The zero-order chi connectivity index (χ0) is 24.0. The van der Waals surface area contributed by atoms with Crippen molar-refractivity contribution in [2.45, 2.75) is 25.4 Å². The molecule has 2 aromatic carbocycles. The molecule has 0 radical (unpaired) electrons. The second-order valence-electron chi connectivity index (χ2n) is 7.48. The molecular weight excluding hydrogens is 467 g/mol. The summed E-state index contributed by atoms with van der Waals surface area (Å²) < 4.78 is 46.8. The molecule has 2 heterocycles. The fourth-order valence-electron chi connectivity index (χ4n) is 3.66. The molecule has 1 unspecified atom stereocenters. The van der Waals surface area contributed by atoms with Crippen LogP contribution in [0.3, 0.4) is 0 Å². The number of halogens is 4. The van der Waals surface area contributed by atoms with Crippen molar-refractivity contribution in [2.24, 2.45) is 0 Å². The van der Waals surface area contributed by atoms with Crippen molar-refractivity contribution in [2.75, 3.05) is 11.9 Å². The first-order valence-electron chi connectivity index (χ1n) is 9.64. The van der Waals surface area contributed by atoms with Crippen LogP contribution in [0.5, 0.6) is 5.75 Å². The van der Waals surface area contributed by atoms with Crippen molar-refractivity contribution >= 4 is 41.1 Å². The number of imide groups is 1. The van der Waals surface area contributed by atoms with Crippen LogP contribution in [0.15, 0.2) is 24.3 Å². The average molecular weight is 482 g/mol. The summed E-state index contributed by atoms with van der Waals surface area (Å²) in [5.41, 5.74) is -0.197. The zero-order valence-electron chi connectivity index (χ0n) is 17.0. The molecule has 1 N–H and O–H groups in total. The fraction of sp³-hybridized carbons (Fsp3) is 0.238.